The van der Waals surface area contributed by atoms with Gasteiger partial charge >= 0.3 is 11.9 Å². The van der Waals surface area contributed by atoms with E-state index in [0.29, 0.717) is 11.3 Å². The number of nitrogens with zero attached hydrogens (tertiary/aromatic N) is 3. The van der Waals surface area contributed by atoms with Crippen molar-refractivity contribution < 1.29 is 34.1 Å². The number of benzene rings is 1. The highest BCUT2D eigenvalue weighted by Crippen LogP contribution is 2.45. The second kappa shape index (κ2) is 9.55. The van der Waals surface area contributed by atoms with E-state index >= 15 is 0 Å². The Hall–Kier alpha value is -4.25. The number of ketones is 1. The summed E-state index contributed by atoms with van der Waals surface area (Å²) in [6.07, 6.45) is 2.89. The van der Waals surface area contributed by atoms with Gasteiger partial charge in [0.25, 0.3) is 5.78 Å². The summed E-state index contributed by atoms with van der Waals surface area (Å²) >= 11 is 0.893. The Labute approximate surface area is 204 Å². The molecule has 1 aliphatic heterocycles. The van der Waals surface area contributed by atoms with Crippen LogP contribution in [0.5, 0.6) is 11.5 Å². The number of rotatable bonds is 6. The molecule has 180 valence electrons. The number of hydrogen-bond acceptors (Lipinski definition) is 10. The number of phenolic OH excluding ortho intramolecular Hbond substituents is 1. The van der Waals surface area contributed by atoms with Crippen LogP contribution in [0.25, 0.3) is 5.76 Å². The minimum atomic E-state index is -1.11. The molecule has 1 amide bonds. The van der Waals surface area contributed by atoms with Crippen LogP contribution in [-0.2, 0) is 14.3 Å². The van der Waals surface area contributed by atoms with Gasteiger partial charge in [-0.25, -0.2) is 9.78 Å². The molecule has 2 aromatic heterocycles. The Balaban J connectivity index is 1.96. The van der Waals surface area contributed by atoms with Crippen molar-refractivity contribution >= 4 is 39.9 Å². The monoisotopic (exact) mass is 495 g/mol. The molecule has 1 saturated heterocycles. The molecule has 3 aromatic rings. The number of pyridine rings is 1. The van der Waals surface area contributed by atoms with Gasteiger partial charge in [0, 0.05) is 18.0 Å². The molecule has 2 N–H and O–H groups in total. The van der Waals surface area contributed by atoms with Crippen LogP contribution in [0.15, 0.2) is 48.3 Å². The first-order valence-electron chi connectivity index (χ1n) is 10.5. The predicted octanol–water partition coefficient (Wildman–Crippen LogP) is 3.36. The largest absolute Gasteiger partial charge is 0.507 e. The second-order valence-electron chi connectivity index (χ2n) is 7.47. The number of aromatic hydroxyl groups is 1. The minimum absolute atomic E-state index is 0.0785. The van der Waals surface area contributed by atoms with Gasteiger partial charge < -0.3 is 19.7 Å². The van der Waals surface area contributed by atoms with Gasteiger partial charge in [0.15, 0.2) is 16.6 Å². The number of methoxy groups -OCH3 is 1. The molecule has 1 unspecified atom stereocenters. The predicted molar refractivity (Wildman–Crippen MR) is 126 cm³/mol. The second-order valence-corrected chi connectivity index (χ2v) is 8.45. The van der Waals surface area contributed by atoms with E-state index in [9.17, 15) is 24.6 Å². The van der Waals surface area contributed by atoms with Crippen LogP contribution >= 0.6 is 11.3 Å². The molecule has 0 spiro atoms. The number of aryl methyl sites for hydroxylation is 1. The molecule has 1 aromatic carbocycles. The lowest BCUT2D eigenvalue weighted by Crippen LogP contribution is -2.29. The smallest absolute Gasteiger partial charge is 0.350 e. The Kier molecular flexibility index (Phi) is 6.52. The fourth-order valence-electron chi connectivity index (χ4n) is 3.75. The van der Waals surface area contributed by atoms with E-state index < -0.39 is 29.5 Å². The highest BCUT2D eigenvalue weighted by Gasteiger charge is 2.48. The van der Waals surface area contributed by atoms with Crippen molar-refractivity contribution in [2.45, 2.75) is 19.9 Å². The number of aliphatic hydroxyl groups is 1. The van der Waals surface area contributed by atoms with Gasteiger partial charge in [-0.2, -0.15) is 0 Å². The third-order valence-electron chi connectivity index (χ3n) is 5.36. The van der Waals surface area contributed by atoms with Crippen LogP contribution < -0.4 is 9.64 Å². The zero-order valence-corrected chi connectivity index (χ0v) is 19.8. The molecule has 0 bridgehead atoms. The van der Waals surface area contributed by atoms with E-state index in [4.69, 9.17) is 9.47 Å². The molecular weight excluding hydrogens is 474 g/mol. The molecule has 35 heavy (non-hydrogen) atoms. The normalized spacial score (nSPS) is 17.0. The van der Waals surface area contributed by atoms with E-state index in [2.05, 4.69) is 9.97 Å². The summed E-state index contributed by atoms with van der Waals surface area (Å²) < 4.78 is 10.3. The molecular formula is C24H21N3O7S. The van der Waals surface area contributed by atoms with Crippen LogP contribution in [-0.4, -0.2) is 51.6 Å². The van der Waals surface area contributed by atoms with E-state index in [1.54, 1.807) is 13.8 Å². The topological polar surface area (TPSA) is 139 Å². The van der Waals surface area contributed by atoms with Gasteiger partial charge in [-0.1, -0.05) is 17.4 Å². The van der Waals surface area contributed by atoms with Crippen molar-refractivity contribution in [3.05, 3.63) is 70.0 Å². The van der Waals surface area contributed by atoms with Gasteiger partial charge in [-0.3, -0.25) is 19.5 Å². The summed E-state index contributed by atoms with van der Waals surface area (Å²) in [5.74, 6) is -2.86. The van der Waals surface area contributed by atoms with E-state index in [1.165, 1.54) is 49.8 Å². The lowest BCUT2D eigenvalue weighted by atomic mass is 9.95. The number of carbonyl (C=O) groups is 3. The zero-order chi connectivity index (χ0) is 25.3. The number of phenols is 1. The van der Waals surface area contributed by atoms with Gasteiger partial charge in [0.05, 0.1) is 31.0 Å². The van der Waals surface area contributed by atoms with Crippen LogP contribution in [0.3, 0.4) is 0 Å². The first kappa shape index (κ1) is 23.9. The highest BCUT2D eigenvalue weighted by molar-refractivity contribution is 7.17. The summed E-state index contributed by atoms with van der Waals surface area (Å²) in [5.41, 5.74) is 0.820. The zero-order valence-electron chi connectivity index (χ0n) is 19.0. The molecule has 10 nitrogen and oxygen atoms in total. The van der Waals surface area contributed by atoms with E-state index in [1.807, 2.05) is 0 Å². The van der Waals surface area contributed by atoms with Crippen molar-refractivity contribution in [1.29, 1.82) is 0 Å². The summed E-state index contributed by atoms with van der Waals surface area (Å²) in [4.78, 5) is 48.2. The molecule has 3 heterocycles. The number of esters is 1. The van der Waals surface area contributed by atoms with E-state index in [0.717, 1.165) is 16.2 Å². The number of anilines is 1. The lowest BCUT2D eigenvalue weighted by Gasteiger charge is -2.23. The van der Waals surface area contributed by atoms with Crippen molar-refractivity contribution in [3.8, 4) is 11.5 Å². The third kappa shape index (κ3) is 4.21. The fraction of sp³-hybridized carbons (Fsp3) is 0.208. The molecule has 0 saturated carbocycles. The maximum Gasteiger partial charge on any atom is 0.350 e. The number of aliphatic hydroxyl groups excluding tert-OH is 1. The number of thiazole rings is 1. The first-order valence-corrected chi connectivity index (χ1v) is 11.3. The van der Waals surface area contributed by atoms with Crippen LogP contribution in [0.2, 0.25) is 0 Å². The first-order chi connectivity index (χ1) is 16.8. The number of Topliss-reactive ketones (excluding diaryl/α,β-unsaturated/α-hetero) is 1. The molecule has 11 heteroatoms. The minimum Gasteiger partial charge on any atom is -0.507 e. The summed E-state index contributed by atoms with van der Waals surface area (Å²) in [6.45, 7) is 3.60. The standard InChI is InChI=1S/C24H21N3O7S/c1-4-34-16-11-14(5-6-15(16)28)18-17(19(29)13-7-9-25-10-8-13)20(30)22(31)27(18)24-26-12(2)21(35-24)23(32)33-3/h5-11,18,28-29H,4H2,1-3H3. The molecule has 1 aliphatic rings. The van der Waals surface area contributed by atoms with Crippen molar-refractivity contribution in [2.75, 3.05) is 18.6 Å². The lowest BCUT2D eigenvalue weighted by molar-refractivity contribution is -0.132. The third-order valence-corrected chi connectivity index (χ3v) is 6.50. The number of ether oxygens (including phenoxy) is 2. The van der Waals surface area contributed by atoms with Gasteiger partial charge in [0.2, 0.25) is 0 Å². The molecule has 1 atom stereocenters. The number of aromatic nitrogens is 2. The number of amides is 1. The van der Waals surface area contributed by atoms with Crippen molar-refractivity contribution in [3.63, 3.8) is 0 Å². The Morgan fingerprint density at radius 3 is 2.57 bits per heavy atom. The molecule has 1 fully saturated rings. The average molecular weight is 496 g/mol. The number of carbonyl (C=O) groups excluding carboxylic acids is 3. The SMILES string of the molecule is CCOc1cc(C2C(=C(O)c3ccncc3)C(=O)C(=O)N2c2nc(C)c(C(=O)OC)s2)ccc1O. The Morgan fingerprint density at radius 2 is 1.91 bits per heavy atom. The Morgan fingerprint density at radius 1 is 1.20 bits per heavy atom. The summed E-state index contributed by atoms with van der Waals surface area (Å²) in [5, 5.41) is 21.4. The molecule has 0 aliphatic carbocycles. The maximum atomic E-state index is 13.3. The quantitative estimate of drug-likeness (QED) is 0.228. The van der Waals surface area contributed by atoms with Crippen LogP contribution in [0.4, 0.5) is 5.13 Å². The molecule has 4 rings (SSSR count). The van der Waals surface area contributed by atoms with Gasteiger partial charge in [0.1, 0.15) is 10.6 Å². The van der Waals surface area contributed by atoms with E-state index in [-0.39, 0.29) is 39.3 Å². The number of hydrogen-bond donors (Lipinski definition) is 2. The van der Waals surface area contributed by atoms with Crippen molar-refractivity contribution in [1.82, 2.24) is 9.97 Å². The van der Waals surface area contributed by atoms with Crippen LogP contribution in [0.1, 0.15) is 39.5 Å². The Bertz CT molecular complexity index is 1350. The van der Waals surface area contributed by atoms with Gasteiger partial charge in [-0.05, 0) is 43.7 Å². The molecule has 0 radical (unpaired) electrons. The fourth-order valence-corrected chi connectivity index (χ4v) is 4.76. The van der Waals surface area contributed by atoms with Gasteiger partial charge in [-0.15, -0.1) is 0 Å². The van der Waals surface area contributed by atoms with Crippen LogP contribution in [0, 0.1) is 6.92 Å². The summed E-state index contributed by atoms with van der Waals surface area (Å²) in [7, 11) is 1.23. The maximum absolute atomic E-state index is 13.3. The summed E-state index contributed by atoms with van der Waals surface area (Å²) in [6, 6.07) is 6.28. The van der Waals surface area contributed by atoms with Crippen molar-refractivity contribution in [2.24, 2.45) is 0 Å². The average Bonchev–Trinajstić information content (AvgIpc) is 3.37. The highest BCUT2D eigenvalue weighted by atomic mass is 32.1.